The maximum atomic E-state index is 14.9. The molecule has 0 aliphatic carbocycles. The van der Waals surface area contributed by atoms with Gasteiger partial charge >= 0.3 is 11.9 Å². The zero-order valence-electron chi connectivity index (χ0n) is 24.2. The topological polar surface area (TPSA) is 93.5 Å². The number of nitrogens with zero attached hydrogens (tertiary/aromatic N) is 3. The number of anilines is 1. The minimum atomic E-state index is -4.86. The van der Waals surface area contributed by atoms with E-state index in [2.05, 4.69) is 0 Å². The molecule has 11 heteroatoms. The molecule has 7 nitrogen and oxygen atoms in total. The van der Waals surface area contributed by atoms with Gasteiger partial charge in [0.1, 0.15) is 11.5 Å². The third-order valence-electron chi connectivity index (χ3n) is 8.39. The van der Waals surface area contributed by atoms with Gasteiger partial charge in [-0.05, 0) is 43.0 Å². The number of halogens is 4. The van der Waals surface area contributed by atoms with Crippen molar-refractivity contribution in [3.8, 4) is 0 Å². The Balaban J connectivity index is 1.57. The van der Waals surface area contributed by atoms with Crippen LogP contribution in [0.1, 0.15) is 46.8 Å². The second-order valence-corrected chi connectivity index (χ2v) is 11.4. The highest BCUT2D eigenvalue weighted by molar-refractivity contribution is 5.50. The van der Waals surface area contributed by atoms with Crippen LogP contribution in [0.4, 0.5) is 23.2 Å². The van der Waals surface area contributed by atoms with Crippen LogP contribution in [0.15, 0.2) is 88.5 Å². The molecule has 4 aromatic rings. The van der Waals surface area contributed by atoms with Crippen LogP contribution >= 0.6 is 0 Å². The average molecular weight is 611 g/mol. The highest BCUT2D eigenvalue weighted by Crippen LogP contribution is 2.34. The van der Waals surface area contributed by atoms with E-state index in [9.17, 15) is 32.3 Å². The SMILES string of the molecule is Cc1c(N2CCC(O)(Cc3ccccc3)CC2)c(=O)n(CC(N)c2ccccc2)c(=O)n1Cc1c(F)cccc1C(F)(F)F. The monoisotopic (exact) mass is 610 g/mol. The van der Waals surface area contributed by atoms with Crippen molar-refractivity contribution in [2.75, 3.05) is 18.0 Å². The van der Waals surface area contributed by atoms with Crippen LogP contribution in [-0.4, -0.2) is 32.9 Å². The van der Waals surface area contributed by atoms with E-state index in [1.807, 2.05) is 30.3 Å². The average Bonchev–Trinajstić information content (AvgIpc) is 2.99. The Morgan fingerprint density at radius 2 is 1.52 bits per heavy atom. The first-order valence-electron chi connectivity index (χ1n) is 14.4. The maximum Gasteiger partial charge on any atom is 0.416 e. The normalized spacial score (nSPS) is 15.8. The van der Waals surface area contributed by atoms with Gasteiger partial charge in [-0.1, -0.05) is 66.7 Å². The molecule has 0 saturated carbocycles. The lowest BCUT2D eigenvalue weighted by Crippen LogP contribution is -2.51. The molecule has 3 aromatic carbocycles. The lowest BCUT2D eigenvalue weighted by atomic mass is 9.85. The number of aliphatic hydroxyl groups is 1. The first kappa shape index (κ1) is 31.2. The quantitative estimate of drug-likeness (QED) is 0.280. The van der Waals surface area contributed by atoms with Crippen molar-refractivity contribution in [2.45, 2.75) is 57.1 Å². The Morgan fingerprint density at radius 3 is 2.14 bits per heavy atom. The number of aromatic nitrogens is 2. The molecule has 0 amide bonds. The molecule has 232 valence electrons. The molecule has 1 atom stereocenters. The van der Waals surface area contributed by atoms with E-state index in [1.165, 1.54) is 6.92 Å². The van der Waals surface area contributed by atoms with E-state index in [1.54, 1.807) is 35.2 Å². The number of benzene rings is 3. The highest BCUT2D eigenvalue weighted by Gasteiger charge is 2.37. The predicted molar refractivity (Wildman–Crippen MR) is 160 cm³/mol. The van der Waals surface area contributed by atoms with Crippen LogP contribution in [0.25, 0.3) is 0 Å². The molecular weight excluding hydrogens is 576 g/mol. The van der Waals surface area contributed by atoms with E-state index in [0.29, 0.717) is 24.8 Å². The minimum Gasteiger partial charge on any atom is -0.389 e. The van der Waals surface area contributed by atoms with Crippen molar-refractivity contribution < 1.29 is 22.7 Å². The van der Waals surface area contributed by atoms with E-state index in [0.717, 1.165) is 32.9 Å². The molecule has 1 aliphatic rings. The Morgan fingerprint density at radius 1 is 0.909 bits per heavy atom. The molecule has 1 aliphatic heterocycles. The van der Waals surface area contributed by atoms with Gasteiger partial charge in [0.05, 0.1) is 24.3 Å². The van der Waals surface area contributed by atoms with Crippen LogP contribution < -0.4 is 21.9 Å². The van der Waals surface area contributed by atoms with Crippen molar-refractivity contribution in [1.29, 1.82) is 0 Å². The largest absolute Gasteiger partial charge is 0.416 e. The van der Waals surface area contributed by atoms with Crippen molar-refractivity contribution in [3.05, 3.63) is 133 Å². The summed E-state index contributed by atoms with van der Waals surface area (Å²) in [6.07, 6.45) is -3.81. The number of hydrogen-bond acceptors (Lipinski definition) is 5. The van der Waals surface area contributed by atoms with Crippen LogP contribution in [0.3, 0.4) is 0 Å². The first-order chi connectivity index (χ1) is 20.9. The summed E-state index contributed by atoms with van der Waals surface area (Å²) in [6.45, 7) is 1.00. The lowest BCUT2D eigenvalue weighted by Gasteiger charge is -2.40. The van der Waals surface area contributed by atoms with Gasteiger partial charge in [-0.15, -0.1) is 0 Å². The smallest absolute Gasteiger partial charge is 0.389 e. The van der Waals surface area contributed by atoms with Gasteiger partial charge in [0, 0.05) is 36.8 Å². The standard InChI is InChI=1S/C33H34F4N4O3/c1-22-29(39-17-15-32(44,16-18-39)19-23-9-4-2-5-10-23)30(42)41(21-28(38)24-11-6-3-7-12-24)31(43)40(22)20-25-26(33(35,36)37)13-8-14-27(25)34/h2-14,28,44H,15-21,38H2,1H3. The van der Waals surface area contributed by atoms with Crippen LogP contribution in [0, 0.1) is 12.7 Å². The fourth-order valence-corrected chi connectivity index (χ4v) is 5.94. The summed E-state index contributed by atoms with van der Waals surface area (Å²) in [5.41, 5.74) is 3.76. The molecule has 0 spiro atoms. The molecule has 44 heavy (non-hydrogen) atoms. The molecule has 0 bridgehead atoms. The molecule has 5 rings (SSSR count). The molecule has 3 N–H and O–H groups in total. The summed E-state index contributed by atoms with van der Waals surface area (Å²) in [6, 6.07) is 20.2. The predicted octanol–water partition coefficient (Wildman–Crippen LogP) is 4.80. The molecule has 1 aromatic heterocycles. The fourth-order valence-electron chi connectivity index (χ4n) is 5.94. The van der Waals surface area contributed by atoms with E-state index < -0.39 is 52.6 Å². The van der Waals surface area contributed by atoms with E-state index >= 15 is 0 Å². The third-order valence-corrected chi connectivity index (χ3v) is 8.39. The molecule has 1 saturated heterocycles. The van der Waals surface area contributed by atoms with E-state index in [-0.39, 0.29) is 31.0 Å². The highest BCUT2D eigenvalue weighted by atomic mass is 19.4. The number of alkyl halides is 3. The van der Waals surface area contributed by atoms with Gasteiger partial charge in [0.2, 0.25) is 0 Å². The first-order valence-corrected chi connectivity index (χ1v) is 14.4. The van der Waals surface area contributed by atoms with Crippen molar-refractivity contribution in [2.24, 2.45) is 5.73 Å². The fraction of sp³-hybridized carbons (Fsp3) is 0.333. The number of piperidine rings is 1. The molecule has 0 radical (unpaired) electrons. The molecule has 1 unspecified atom stereocenters. The summed E-state index contributed by atoms with van der Waals surface area (Å²) in [5.74, 6) is -1.12. The van der Waals surface area contributed by atoms with Crippen LogP contribution in [0.5, 0.6) is 0 Å². The van der Waals surface area contributed by atoms with Gasteiger partial charge in [-0.25, -0.2) is 9.18 Å². The number of rotatable bonds is 8. The van der Waals surface area contributed by atoms with Gasteiger partial charge in [-0.3, -0.25) is 13.9 Å². The summed E-state index contributed by atoms with van der Waals surface area (Å²) >= 11 is 0. The summed E-state index contributed by atoms with van der Waals surface area (Å²) in [4.78, 5) is 29.5. The maximum absolute atomic E-state index is 14.9. The summed E-state index contributed by atoms with van der Waals surface area (Å²) in [7, 11) is 0. The van der Waals surface area contributed by atoms with Crippen molar-refractivity contribution in [3.63, 3.8) is 0 Å². The number of hydrogen-bond donors (Lipinski definition) is 2. The minimum absolute atomic E-state index is 0.106. The second kappa shape index (κ2) is 12.4. The number of nitrogens with two attached hydrogens (primary N) is 1. The van der Waals surface area contributed by atoms with Crippen LogP contribution in [0.2, 0.25) is 0 Å². The second-order valence-electron chi connectivity index (χ2n) is 11.4. The van der Waals surface area contributed by atoms with Crippen molar-refractivity contribution in [1.82, 2.24) is 9.13 Å². The molecular formula is C33H34F4N4O3. The lowest BCUT2D eigenvalue weighted by molar-refractivity contribution is -0.138. The third kappa shape index (κ3) is 6.48. The zero-order chi connectivity index (χ0) is 31.6. The van der Waals surface area contributed by atoms with Crippen molar-refractivity contribution >= 4 is 5.69 Å². The van der Waals surface area contributed by atoms with Gasteiger partial charge < -0.3 is 15.7 Å². The molecule has 1 fully saturated rings. The molecule has 2 heterocycles. The van der Waals surface area contributed by atoms with E-state index in [4.69, 9.17) is 5.73 Å². The summed E-state index contributed by atoms with van der Waals surface area (Å²) in [5, 5.41) is 11.3. The van der Waals surface area contributed by atoms with Gasteiger partial charge in [0.25, 0.3) is 5.56 Å². The Bertz CT molecular complexity index is 1730. The summed E-state index contributed by atoms with van der Waals surface area (Å²) < 4.78 is 58.5. The Hall–Kier alpha value is -4.22. The zero-order valence-corrected chi connectivity index (χ0v) is 24.2. The van der Waals surface area contributed by atoms with Crippen LogP contribution in [-0.2, 0) is 25.7 Å². The van der Waals surface area contributed by atoms with Gasteiger partial charge in [-0.2, -0.15) is 13.2 Å². The Labute approximate surface area is 251 Å². The van der Waals surface area contributed by atoms with Gasteiger partial charge in [0.15, 0.2) is 0 Å². The Kier molecular flexibility index (Phi) is 8.80.